The number of rotatable bonds is 1. The first kappa shape index (κ1) is 9.96. The largest absolute Gasteiger partial charge is 0.397 e. The van der Waals surface area contributed by atoms with Gasteiger partial charge in [0.1, 0.15) is 5.69 Å². The van der Waals surface area contributed by atoms with Crippen molar-refractivity contribution < 1.29 is 4.79 Å². The van der Waals surface area contributed by atoms with Crippen LogP contribution < -0.4 is 5.73 Å². The van der Waals surface area contributed by atoms with Crippen molar-refractivity contribution in [3.8, 4) is 0 Å². The first-order valence-corrected chi connectivity index (χ1v) is 5.17. The number of amides is 1. The summed E-state index contributed by atoms with van der Waals surface area (Å²) in [6, 6.07) is 3.39. The van der Waals surface area contributed by atoms with Gasteiger partial charge in [0.05, 0.1) is 11.9 Å². The van der Waals surface area contributed by atoms with Crippen molar-refractivity contribution >= 4 is 11.6 Å². The lowest BCUT2D eigenvalue weighted by Gasteiger charge is -2.14. The van der Waals surface area contributed by atoms with Crippen molar-refractivity contribution in [3.63, 3.8) is 0 Å². The second-order valence-corrected chi connectivity index (χ2v) is 4.12. The first-order valence-electron chi connectivity index (χ1n) is 5.17. The molecule has 1 amide bonds. The minimum Gasteiger partial charge on any atom is -0.397 e. The molecule has 1 aromatic rings. The number of hydrogen-bond donors (Lipinski definition) is 1. The van der Waals surface area contributed by atoms with Gasteiger partial charge in [0.2, 0.25) is 0 Å². The molecule has 80 valence electrons. The zero-order valence-electron chi connectivity index (χ0n) is 8.81. The fraction of sp³-hybridized carbons (Fsp3) is 0.455. The standard InChI is InChI=1S/C11H15N3O/c1-8-4-5-14(7-8)11(15)10-3-2-9(12)6-13-10/h2-3,6,8H,4-5,7,12H2,1H3. The molecular weight excluding hydrogens is 190 g/mol. The van der Waals surface area contributed by atoms with Gasteiger partial charge in [-0.1, -0.05) is 6.92 Å². The molecule has 0 aromatic carbocycles. The van der Waals surface area contributed by atoms with Gasteiger partial charge in [-0.2, -0.15) is 0 Å². The molecular formula is C11H15N3O. The predicted molar refractivity (Wildman–Crippen MR) is 58.3 cm³/mol. The van der Waals surface area contributed by atoms with Crippen LogP contribution in [0.2, 0.25) is 0 Å². The van der Waals surface area contributed by atoms with Gasteiger partial charge in [0, 0.05) is 13.1 Å². The third-order valence-corrected chi connectivity index (χ3v) is 2.72. The Hall–Kier alpha value is -1.58. The number of aromatic nitrogens is 1. The van der Waals surface area contributed by atoms with Crippen LogP contribution in [-0.2, 0) is 0 Å². The summed E-state index contributed by atoms with van der Waals surface area (Å²) >= 11 is 0. The number of carbonyl (C=O) groups is 1. The summed E-state index contributed by atoms with van der Waals surface area (Å²) in [5, 5.41) is 0. The minimum absolute atomic E-state index is 0.0133. The third-order valence-electron chi connectivity index (χ3n) is 2.72. The third kappa shape index (κ3) is 2.09. The molecule has 1 aliphatic rings. The highest BCUT2D eigenvalue weighted by Gasteiger charge is 2.24. The van der Waals surface area contributed by atoms with Gasteiger partial charge in [-0.25, -0.2) is 4.98 Å². The van der Waals surface area contributed by atoms with Crippen LogP contribution in [0.1, 0.15) is 23.8 Å². The molecule has 0 bridgehead atoms. The van der Waals surface area contributed by atoms with Crippen LogP contribution >= 0.6 is 0 Å². The molecule has 2 heterocycles. The van der Waals surface area contributed by atoms with E-state index in [2.05, 4.69) is 11.9 Å². The van der Waals surface area contributed by atoms with E-state index in [-0.39, 0.29) is 5.91 Å². The molecule has 1 aromatic heterocycles. The Labute approximate surface area is 89.1 Å². The molecule has 1 aliphatic heterocycles. The second-order valence-electron chi connectivity index (χ2n) is 4.12. The molecule has 15 heavy (non-hydrogen) atoms. The summed E-state index contributed by atoms with van der Waals surface area (Å²) < 4.78 is 0. The fourth-order valence-corrected chi connectivity index (χ4v) is 1.81. The molecule has 0 radical (unpaired) electrons. The molecule has 0 aliphatic carbocycles. The van der Waals surface area contributed by atoms with Crippen molar-refractivity contribution in [3.05, 3.63) is 24.0 Å². The summed E-state index contributed by atoms with van der Waals surface area (Å²) in [5.74, 6) is 0.613. The Morgan fingerprint density at radius 1 is 1.60 bits per heavy atom. The van der Waals surface area contributed by atoms with Crippen molar-refractivity contribution in [1.82, 2.24) is 9.88 Å². The van der Waals surface area contributed by atoms with Crippen LogP contribution in [0.15, 0.2) is 18.3 Å². The van der Waals surface area contributed by atoms with Gasteiger partial charge in [0.25, 0.3) is 5.91 Å². The van der Waals surface area contributed by atoms with E-state index in [4.69, 9.17) is 5.73 Å². The summed E-state index contributed by atoms with van der Waals surface area (Å²) in [4.78, 5) is 17.8. The molecule has 1 atom stereocenters. The maximum atomic E-state index is 11.9. The first-order chi connectivity index (χ1) is 7.16. The normalized spacial score (nSPS) is 20.6. The van der Waals surface area contributed by atoms with Crippen molar-refractivity contribution in [2.24, 2.45) is 5.92 Å². The topological polar surface area (TPSA) is 59.2 Å². The van der Waals surface area contributed by atoms with E-state index in [0.29, 0.717) is 17.3 Å². The van der Waals surface area contributed by atoms with E-state index in [1.807, 2.05) is 4.90 Å². The van der Waals surface area contributed by atoms with E-state index in [1.54, 1.807) is 12.1 Å². The van der Waals surface area contributed by atoms with Crippen LogP contribution in [0.25, 0.3) is 0 Å². The Morgan fingerprint density at radius 3 is 2.93 bits per heavy atom. The van der Waals surface area contributed by atoms with Gasteiger partial charge < -0.3 is 10.6 Å². The van der Waals surface area contributed by atoms with Crippen molar-refractivity contribution in [2.75, 3.05) is 18.8 Å². The summed E-state index contributed by atoms with van der Waals surface area (Å²) in [5.41, 5.74) is 6.58. The van der Waals surface area contributed by atoms with E-state index >= 15 is 0 Å². The van der Waals surface area contributed by atoms with Crippen LogP contribution in [0.3, 0.4) is 0 Å². The lowest BCUT2D eigenvalue weighted by atomic mass is 10.2. The zero-order chi connectivity index (χ0) is 10.8. The Morgan fingerprint density at radius 2 is 2.40 bits per heavy atom. The number of pyridine rings is 1. The smallest absolute Gasteiger partial charge is 0.272 e. The molecule has 1 fully saturated rings. The number of likely N-dealkylation sites (tertiary alicyclic amines) is 1. The molecule has 1 saturated heterocycles. The van der Waals surface area contributed by atoms with E-state index < -0.39 is 0 Å². The minimum atomic E-state index is 0.0133. The van der Waals surface area contributed by atoms with Crippen LogP contribution in [-0.4, -0.2) is 28.9 Å². The highest BCUT2D eigenvalue weighted by atomic mass is 16.2. The average molecular weight is 205 g/mol. The maximum absolute atomic E-state index is 11.9. The van der Waals surface area contributed by atoms with E-state index in [1.165, 1.54) is 6.20 Å². The van der Waals surface area contributed by atoms with Crippen LogP contribution in [0.4, 0.5) is 5.69 Å². The number of hydrogen-bond acceptors (Lipinski definition) is 3. The molecule has 1 unspecified atom stereocenters. The Balaban J connectivity index is 2.11. The fourth-order valence-electron chi connectivity index (χ4n) is 1.81. The molecule has 4 heteroatoms. The predicted octanol–water partition coefficient (Wildman–Crippen LogP) is 1.15. The lowest BCUT2D eigenvalue weighted by molar-refractivity contribution is 0.0782. The van der Waals surface area contributed by atoms with Crippen molar-refractivity contribution in [2.45, 2.75) is 13.3 Å². The summed E-state index contributed by atoms with van der Waals surface area (Å²) in [6.45, 7) is 3.83. The molecule has 0 spiro atoms. The van der Waals surface area contributed by atoms with Crippen LogP contribution in [0.5, 0.6) is 0 Å². The second kappa shape index (κ2) is 3.88. The molecule has 0 saturated carbocycles. The average Bonchev–Trinajstić information content (AvgIpc) is 2.65. The quantitative estimate of drug-likeness (QED) is 0.748. The van der Waals surface area contributed by atoms with Gasteiger partial charge in [-0.05, 0) is 24.5 Å². The molecule has 4 nitrogen and oxygen atoms in total. The highest BCUT2D eigenvalue weighted by Crippen LogP contribution is 2.17. The van der Waals surface area contributed by atoms with Crippen LogP contribution in [0, 0.1) is 5.92 Å². The van der Waals surface area contributed by atoms with E-state index in [9.17, 15) is 4.79 Å². The highest BCUT2D eigenvalue weighted by molar-refractivity contribution is 5.92. The van der Waals surface area contributed by atoms with Gasteiger partial charge in [-0.15, -0.1) is 0 Å². The zero-order valence-corrected chi connectivity index (χ0v) is 8.81. The Bertz CT molecular complexity index is 361. The number of nitrogens with two attached hydrogens (primary N) is 1. The Kier molecular flexibility index (Phi) is 2.58. The number of nitrogen functional groups attached to an aromatic ring is 1. The van der Waals surface area contributed by atoms with Gasteiger partial charge in [0.15, 0.2) is 0 Å². The lowest BCUT2D eigenvalue weighted by Crippen LogP contribution is -2.29. The SMILES string of the molecule is CC1CCN(C(=O)c2ccc(N)cn2)C1. The maximum Gasteiger partial charge on any atom is 0.272 e. The van der Waals surface area contributed by atoms with E-state index in [0.717, 1.165) is 19.5 Å². The number of nitrogens with zero attached hydrogens (tertiary/aromatic N) is 2. The van der Waals surface area contributed by atoms with Gasteiger partial charge >= 0.3 is 0 Å². The number of anilines is 1. The summed E-state index contributed by atoms with van der Waals surface area (Å²) in [6.07, 6.45) is 2.60. The number of carbonyl (C=O) groups excluding carboxylic acids is 1. The molecule has 2 N–H and O–H groups in total. The van der Waals surface area contributed by atoms with Crippen molar-refractivity contribution in [1.29, 1.82) is 0 Å². The van der Waals surface area contributed by atoms with Gasteiger partial charge in [-0.3, -0.25) is 4.79 Å². The molecule has 2 rings (SSSR count). The monoisotopic (exact) mass is 205 g/mol. The summed E-state index contributed by atoms with van der Waals surface area (Å²) in [7, 11) is 0.